The largest absolute Gasteiger partial charge is 1.00 e. The monoisotopic (exact) mass is 213 g/mol. The number of phenols is 2. The summed E-state index contributed by atoms with van der Waals surface area (Å²) in [5.74, 6) is -0.948. The maximum Gasteiger partial charge on any atom is 1.00 e. The molecule has 0 aliphatic rings. The number of hydrogen-bond donors (Lipinski definition) is 3. The fourth-order valence-corrected chi connectivity index (χ4v) is 1.31. The van der Waals surface area contributed by atoms with Crippen molar-refractivity contribution >= 4 is 10.1 Å². The molecular formula is C6H6NaO5S+. The molecular weight excluding hydrogens is 207 g/mol. The average molecular weight is 213 g/mol. The van der Waals surface area contributed by atoms with Gasteiger partial charge >= 0.3 is 29.6 Å². The summed E-state index contributed by atoms with van der Waals surface area (Å²) in [4.78, 5) is -0.706. The molecule has 0 saturated carbocycles. The number of benzene rings is 1. The summed E-state index contributed by atoms with van der Waals surface area (Å²) in [6.45, 7) is 0. The van der Waals surface area contributed by atoms with E-state index >= 15 is 0 Å². The van der Waals surface area contributed by atoms with Crippen LogP contribution in [0.2, 0.25) is 0 Å². The summed E-state index contributed by atoms with van der Waals surface area (Å²) in [5, 5.41) is 17.7. The Morgan fingerprint density at radius 3 is 2.08 bits per heavy atom. The van der Waals surface area contributed by atoms with Gasteiger partial charge in [0.25, 0.3) is 10.1 Å². The molecule has 1 rings (SSSR count). The maximum absolute atomic E-state index is 10.5. The molecule has 1 aromatic rings. The van der Waals surface area contributed by atoms with Crippen LogP contribution >= 0.6 is 0 Å². The van der Waals surface area contributed by atoms with Gasteiger partial charge in [0.2, 0.25) is 0 Å². The molecule has 13 heavy (non-hydrogen) atoms. The smallest absolute Gasteiger partial charge is 0.508 e. The maximum atomic E-state index is 10.5. The number of hydrogen-bond acceptors (Lipinski definition) is 4. The number of rotatable bonds is 1. The van der Waals surface area contributed by atoms with Crippen LogP contribution in [0.3, 0.4) is 0 Å². The summed E-state index contributed by atoms with van der Waals surface area (Å²) in [6.07, 6.45) is 0. The van der Waals surface area contributed by atoms with Crippen LogP contribution in [0.25, 0.3) is 0 Å². The quantitative estimate of drug-likeness (QED) is 0.269. The molecule has 0 bridgehead atoms. The van der Waals surface area contributed by atoms with Crippen LogP contribution in [0.1, 0.15) is 0 Å². The second-order valence-electron chi connectivity index (χ2n) is 2.13. The minimum atomic E-state index is -4.47. The van der Waals surface area contributed by atoms with Crippen LogP contribution in [-0.4, -0.2) is 23.2 Å². The fourth-order valence-electron chi connectivity index (χ4n) is 0.709. The van der Waals surface area contributed by atoms with Gasteiger partial charge in [-0.25, -0.2) is 0 Å². The third kappa shape index (κ3) is 3.17. The van der Waals surface area contributed by atoms with E-state index in [2.05, 4.69) is 0 Å². The first-order chi connectivity index (χ1) is 5.41. The second-order valence-corrected chi connectivity index (χ2v) is 3.52. The molecule has 7 heteroatoms. The van der Waals surface area contributed by atoms with E-state index in [4.69, 9.17) is 14.8 Å². The molecule has 0 aliphatic heterocycles. The first-order valence-corrected chi connectivity index (χ1v) is 4.35. The molecule has 0 radical (unpaired) electrons. The van der Waals surface area contributed by atoms with Gasteiger partial charge in [-0.05, 0) is 12.1 Å². The summed E-state index contributed by atoms with van der Waals surface area (Å²) < 4.78 is 29.5. The van der Waals surface area contributed by atoms with Crippen molar-refractivity contribution in [3.05, 3.63) is 18.2 Å². The summed E-state index contributed by atoms with van der Waals surface area (Å²) >= 11 is 0. The summed E-state index contributed by atoms with van der Waals surface area (Å²) in [7, 11) is -4.47. The van der Waals surface area contributed by atoms with Gasteiger partial charge in [0.15, 0.2) is 0 Å². The Morgan fingerprint density at radius 1 is 1.15 bits per heavy atom. The minimum Gasteiger partial charge on any atom is -0.508 e. The Kier molecular flexibility index (Phi) is 4.21. The van der Waals surface area contributed by atoms with E-state index in [1.807, 2.05) is 0 Å². The first-order valence-electron chi connectivity index (χ1n) is 2.91. The molecule has 0 spiro atoms. The van der Waals surface area contributed by atoms with Gasteiger partial charge in [-0.1, -0.05) is 0 Å². The van der Waals surface area contributed by atoms with Crippen molar-refractivity contribution in [1.29, 1.82) is 0 Å². The molecule has 0 heterocycles. The molecule has 1 aromatic carbocycles. The Balaban J connectivity index is 0.00000144. The van der Waals surface area contributed by atoms with Crippen LogP contribution in [0.5, 0.6) is 11.5 Å². The summed E-state index contributed by atoms with van der Waals surface area (Å²) in [6, 6.07) is 2.83. The number of aromatic hydroxyl groups is 2. The predicted octanol–water partition coefficient (Wildman–Crippen LogP) is -2.65. The third-order valence-corrected chi connectivity index (χ3v) is 2.10. The topological polar surface area (TPSA) is 94.8 Å². The minimum absolute atomic E-state index is 0. The third-order valence-electron chi connectivity index (χ3n) is 1.22. The van der Waals surface area contributed by atoms with Crippen LogP contribution in [0, 0.1) is 0 Å². The Morgan fingerprint density at radius 2 is 1.69 bits per heavy atom. The summed E-state index contributed by atoms with van der Waals surface area (Å²) in [5.41, 5.74) is 0. The Hall–Kier alpha value is -0.270. The van der Waals surface area contributed by atoms with E-state index in [1.54, 1.807) is 0 Å². The van der Waals surface area contributed by atoms with Crippen molar-refractivity contribution in [3.63, 3.8) is 0 Å². The molecule has 0 aromatic heterocycles. The zero-order valence-electron chi connectivity index (χ0n) is 6.80. The van der Waals surface area contributed by atoms with E-state index < -0.39 is 20.8 Å². The van der Waals surface area contributed by atoms with Crippen molar-refractivity contribution in [1.82, 2.24) is 0 Å². The van der Waals surface area contributed by atoms with E-state index in [1.165, 1.54) is 0 Å². The molecule has 5 nitrogen and oxygen atoms in total. The van der Waals surface area contributed by atoms with Crippen molar-refractivity contribution in [3.8, 4) is 11.5 Å². The van der Waals surface area contributed by atoms with Gasteiger partial charge in [0.05, 0.1) is 0 Å². The second kappa shape index (κ2) is 4.30. The van der Waals surface area contributed by atoms with Gasteiger partial charge < -0.3 is 10.2 Å². The molecule has 3 N–H and O–H groups in total. The van der Waals surface area contributed by atoms with Crippen LogP contribution < -0.4 is 29.6 Å². The number of phenolic OH excluding ortho intramolecular Hbond substituents is 2. The molecule has 66 valence electrons. The van der Waals surface area contributed by atoms with Crippen molar-refractivity contribution in [2.75, 3.05) is 0 Å². The Labute approximate surface area is 97.1 Å². The van der Waals surface area contributed by atoms with E-state index in [0.29, 0.717) is 0 Å². The van der Waals surface area contributed by atoms with Crippen LogP contribution in [0.4, 0.5) is 0 Å². The Bertz CT molecular complexity index is 399. The fraction of sp³-hybridized carbons (Fsp3) is 0. The average Bonchev–Trinajstić information content (AvgIpc) is 1.92. The van der Waals surface area contributed by atoms with Crippen LogP contribution in [0.15, 0.2) is 23.1 Å². The van der Waals surface area contributed by atoms with Gasteiger partial charge in [-0.3, -0.25) is 4.55 Å². The zero-order chi connectivity index (χ0) is 9.35. The molecule has 0 fully saturated rings. The molecule has 0 aliphatic carbocycles. The van der Waals surface area contributed by atoms with Crippen LogP contribution in [-0.2, 0) is 10.1 Å². The molecule has 0 saturated heterocycles. The van der Waals surface area contributed by atoms with Gasteiger partial charge in [-0.2, -0.15) is 8.42 Å². The first kappa shape index (κ1) is 12.7. The predicted molar refractivity (Wildman–Crippen MR) is 39.6 cm³/mol. The van der Waals surface area contributed by atoms with E-state index in [9.17, 15) is 8.42 Å². The normalized spacial score (nSPS) is 10.5. The zero-order valence-corrected chi connectivity index (χ0v) is 9.61. The SMILES string of the molecule is O=S(=O)(O)c1cc(O)ccc1O.[Na+]. The van der Waals surface area contributed by atoms with Gasteiger partial charge in [-0.15, -0.1) is 0 Å². The van der Waals surface area contributed by atoms with E-state index in [-0.39, 0.29) is 35.3 Å². The standard InChI is InChI=1S/C6H6O5S.Na/c7-4-1-2-5(8)6(3-4)12(9,10)11;/h1-3,7-8H,(H,9,10,11);/q;+1. The molecule has 0 atom stereocenters. The molecule has 0 unspecified atom stereocenters. The van der Waals surface area contributed by atoms with Gasteiger partial charge in [0.1, 0.15) is 16.4 Å². The molecule has 0 amide bonds. The van der Waals surface area contributed by atoms with Crippen molar-refractivity contribution < 1.29 is 52.7 Å². The van der Waals surface area contributed by atoms with Gasteiger partial charge in [0, 0.05) is 6.07 Å². The van der Waals surface area contributed by atoms with E-state index in [0.717, 1.165) is 18.2 Å². The van der Waals surface area contributed by atoms with Crippen molar-refractivity contribution in [2.24, 2.45) is 0 Å². The van der Waals surface area contributed by atoms with Crippen molar-refractivity contribution in [2.45, 2.75) is 4.90 Å².